The molecule has 0 amide bonds. The highest BCUT2D eigenvalue weighted by Gasteiger charge is 2.38. The predicted octanol–water partition coefficient (Wildman–Crippen LogP) is 1.36. The largest absolute Gasteiger partial charge is 0.504 e. The van der Waals surface area contributed by atoms with Crippen molar-refractivity contribution in [3.05, 3.63) is 61.4 Å². The third kappa shape index (κ3) is 2.48. The third-order valence-electron chi connectivity index (χ3n) is 5.54. The number of methoxy groups -OCH3 is 1. The zero-order valence-electron chi connectivity index (χ0n) is 15.9. The first-order valence-electron chi connectivity index (χ1n) is 9.05. The molecule has 1 aliphatic carbocycles. The lowest BCUT2D eigenvalue weighted by Gasteiger charge is -2.34. The van der Waals surface area contributed by atoms with Crippen LogP contribution in [0.3, 0.4) is 0 Å². The molecule has 2 aliphatic rings. The molecule has 0 unspecified atom stereocenters. The number of phenols is 1. The number of carbonyl (C=O) groups excluding carboxylic acids is 1. The molecule has 146 valence electrons. The number of Topliss-reactive ketones (excluding diaryl/α,β-unsaturated/α-hetero) is 1. The fraction of sp³-hybridized carbons (Fsp3) is 0.350. The van der Waals surface area contributed by atoms with E-state index in [0.29, 0.717) is 41.8 Å². The van der Waals surface area contributed by atoms with Crippen molar-refractivity contribution < 1.29 is 14.6 Å². The second-order valence-corrected chi connectivity index (χ2v) is 7.13. The van der Waals surface area contributed by atoms with Crippen LogP contribution in [0.4, 0.5) is 5.82 Å². The summed E-state index contributed by atoms with van der Waals surface area (Å²) in [7, 11) is 4.46. The van der Waals surface area contributed by atoms with Crippen LogP contribution in [0, 0.1) is 0 Å². The summed E-state index contributed by atoms with van der Waals surface area (Å²) in [5.41, 5.74) is 1.38. The van der Waals surface area contributed by atoms with Crippen molar-refractivity contribution >= 4 is 11.6 Å². The van der Waals surface area contributed by atoms with Gasteiger partial charge in [-0.05, 0) is 30.5 Å². The van der Waals surface area contributed by atoms with E-state index < -0.39 is 17.2 Å². The Balaban J connectivity index is 2.08. The van der Waals surface area contributed by atoms with E-state index in [1.807, 2.05) is 0 Å². The van der Waals surface area contributed by atoms with Crippen molar-refractivity contribution in [1.82, 2.24) is 9.13 Å². The van der Waals surface area contributed by atoms with Crippen molar-refractivity contribution in [2.45, 2.75) is 25.2 Å². The molecule has 1 aromatic heterocycles. The molecule has 2 N–H and O–H groups in total. The monoisotopic (exact) mass is 383 g/mol. The van der Waals surface area contributed by atoms with Gasteiger partial charge in [-0.25, -0.2) is 4.79 Å². The number of fused-ring (bicyclic) bond motifs is 1. The minimum Gasteiger partial charge on any atom is -0.504 e. The van der Waals surface area contributed by atoms with Crippen LogP contribution < -0.4 is 21.3 Å². The Morgan fingerprint density at radius 3 is 2.61 bits per heavy atom. The molecule has 1 atom stereocenters. The van der Waals surface area contributed by atoms with Crippen molar-refractivity contribution in [1.29, 1.82) is 0 Å². The quantitative estimate of drug-likeness (QED) is 0.812. The topological polar surface area (TPSA) is 103 Å². The number of hydrogen-bond donors (Lipinski definition) is 2. The smallest absolute Gasteiger partial charge is 0.332 e. The molecule has 1 aromatic carbocycles. The SMILES string of the molecule is COc1cc([C@H]2C3=C(CCCC3=O)Nc3c2c(=O)n(C)c(=O)n3C)ccc1O. The summed E-state index contributed by atoms with van der Waals surface area (Å²) in [5.74, 6) is -0.0347. The van der Waals surface area contributed by atoms with Crippen LogP contribution in [0.1, 0.15) is 36.3 Å². The first kappa shape index (κ1) is 18.1. The van der Waals surface area contributed by atoms with Crippen LogP contribution in [-0.4, -0.2) is 27.1 Å². The molecule has 0 bridgehead atoms. The first-order valence-corrected chi connectivity index (χ1v) is 9.05. The first-order chi connectivity index (χ1) is 13.3. The number of anilines is 1. The van der Waals surface area contributed by atoms with Crippen molar-refractivity contribution in [2.75, 3.05) is 12.4 Å². The van der Waals surface area contributed by atoms with Gasteiger partial charge >= 0.3 is 5.69 Å². The number of allylic oxidation sites excluding steroid dienone is 2. The van der Waals surface area contributed by atoms with Gasteiger partial charge in [0.1, 0.15) is 5.82 Å². The average Bonchev–Trinajstić information content (AvgIpc) is 2.70. The number of benzene rings is 1. The van der Waals surface area contributed by atoms with Gasteiger partial charge in [-0.3, -0.25) is 18.7 Å². The standard InChI is InChI=1S/C20H21N3O5/c1-22-18-17(19(26)23(2)20(22)27)15(10-7-8-12(24)14(9-10)28-3)16-11(21-18)5-4-6-13(16)25/h7-9,15,21,24H,4-6H2,1-3H3/t15-/m0/s1. The van der Waals surface area contributed by atoms with E-state index in [1.165, 1.54) is 24.8 Å². The Morgan fingerprint density at radius 1 is 1.14 bits per heavy atom. The Hall–Kier alpha value is -3.29. The lowest BCUT2D eigenvalue weighted by Crippen LogP contribution is -2.44. The summed E-state index contributed by atoms with van der Waals surface area (Å²) in [6.07, 6.45) is 1.79. The molecule has 2 heterocycles. The van der Waals surface area contributed by atoms with Crippen LogP contribution in [0.5, 0.6) is 11.5 Å². The molecule has 0 saturated heterocycles. The van der Waals surface area contributed by atoms with E-state index >= 15 is 0 Å². The molecule has 1 aliphatic heterocycles. The predicted molar refractivity (Wildman–Crippen MR) is 103 cm³/mol. The van der Waals surface area contributed by atoms with E-state index in [2.05, 4.69) is 5.32 Å². The third-order valence-corrected chi connectivity index (χ3v) is 5.54. The van der Waals surface area contributed by atoms with Crippen LogP contribution in [0.2, 0.25) is 0 Å². The zero-order chi connectivity index (χ0) is 20.2. The number of nitrogens with zero attached hydrogens (tertiary/aromatic N) is 2. The number of phenolic OH excluding ortho intramolecular Hbond substituents is 1. The molecule has 0 radical (unpaired) electrons. The summed E-state index contributed by atoms with van der Waals surface area (Å²) in [6, 6.07) is 4.79. The second kappa shape index (κ2) is 6.40. The van der Waals surface area contributed by atoms with E-state index in [0.717, 1.165) is 10.3 Å². The zero-order valence-corrected chi connectivity index (χ0v) is 15.9. The molecule has 0 spiro atoms. The molecule has 0 fully saturated rings. The highest BCUT2D eigenvalue weighted by Crippen LogP contribution is 2.44. The maximum atomic E-state index is 13.1. The van der Waals surface area contributed by atoms with Gasteiger partial charge in [-0.1, -0.05) is 6.07 Å². The lowest BCUT2D eigenvalue weighted by molar-refractivity contribution is -0.116. The number of rotatable bonds is 2. The molecular formula is C20H21N3O5. The minimum atomic E-state index is -0.640. The Kier molecular flexibility index (Phi) is 4.14. The van der Waals surface area contributed by atoms with E-state index in [1.54, 1.807) is 19.2 Å². The van der Waals surface area contributed by atoms with Crippen molar-refractivity contribution in [3.63, 3.8) is 0 Å². The number of aromatic nitrogens is 2. The fourth-order valence-corrected chi connectivity index (χ4v) is 4.10. The summed E-state index contributed by atoms with van der Waals surface area (Å²) >= 11 is 0. The molecule has 2 aromatic rings. The normalized spacial score (nSPS) is 18.4. The molecule has 4 rings (SSSR count). The van der Waals surface area contributed by atoms with E-state index in [-0.39, 0.29) is 17.3 Å². The molecule has 8 nitrogen and oxygen atoms in total. The number of ketones is 1. The molecule has 8 heteroatoms. The van der Waals surface area contributed by atoms with Gasteiger partial charge in [0, 0.05) is 37.7 Å². The van der Waals surface area contributed by atoms with Gasteiger partial charge in [-0.2, -0.15) is 0 Å². The van der Waals surface area contributed by atoms with Crippen molar-refractivity contribution in [3.8, 4) is 11.5 Å². The van der Waals surface area contributed by atoms with Gasteiger partial charge in [-0.15, -0.1) is 0 Å². The summed E-state index contributed by atoms with van der Waals surface area (Å²) in [6.45, 7) is 0. The molecule has 28 heavy (non-hydrogen) atoms. The molecule has 0 saturated carbocycles. The maximum Gasteiger partial charge on any atom is 0.332 e. The van der Waals surface area contributed by atoms with E-state index in [4.69, 9.17) is 4.74 Å². The Labute approximate surface area is 160 Å². The van der Waals surface area contributed by atoms with Crippen LogP contribution >= 0.6 is 0 Å². The molecular weight excluding hydrogens is 362 g/mol. The van der Waals surface area contributed by atoms with Crippen LogP contribution in [0.15, 0.2) is 39.1 Å². The Morgan fingerprint density at radius 2 is 1.89 bits per heavy atom. The lowest BCUT2D eigenvalue weighted by atomic mass is 9.76. The van der Waals surface area contributed by atoms with Gasteiger partial charge < -0.3 is 15.2 Å². The van der Waals surface area contributed by atoms with Crippen LogP contribution in [-0.2, 0) is 18.9 Å². The second-order valence-electron chi connectivity index (χ2n) is 7.13. The maximum absolute atomic E-state index is 13.1. The van der Waals surface area contributed by atoms with Gasteiger partial charge in [0.25, 0.3) is 5.56 Å². The summed E-state index contributed by atoms with van der Waals surface area (Å²) in [4.78, 5) is 38.3. The number of aromatic hydroxyl groups is 1. The fourth-order valence-electron chi connectivity index (χ4n) is 4.10. The Bertz CT molecular complexity index is 1160. The summed E-state index contributed by atoms with van der Waals surface area (Å²) in [5, 5.41) is 13.1. The van der Waals surface area contributed by atoms with E-state index in [9.17, 15) is 19.5 Å². The summed E-state index contributed by atoms with van der Waals surface area (Å²) < 4.78 is 7.66. The van der Waals surface area contributed by atoms with Gasteiger partial charge in [0.05, 0.1) is 12.7 Å². The highest BCUT2D eigenvalue weighted by atomic mass is 16.5. The van der Waals surface area contributed by atoms with Crippen LogP contribution in [0.25, 0.3) is 0 Å². The number of carbonyl (C=O) groups is 1. The minimum absolute atomic E-state index is 0.0210. The van der Waals surface area contributed by atoms with Gasteiger partial charge in [0.15, 0.2) is 17.3 Å². The highest BCUT2D eigenvalue weighted by molar-refractivity contribution is 6.00. The number of nitrogens with one attached hydrogen (secondary N) is 1. The number of hydrogen-bond acceptors (Lipinski definition) is 6. The van der Waals surface area contributed by atoms with Gasteiger partial charge in [0.2, 0.25) is 0 Å². The average molecular weight is 383 g/mol. The number of ether oxygens (including phenoxy) is 1. The van der Waals surface area contributed by atoms with Crippen molar-refractivity contribution in [2.24, 2.45) is 14.1 Å².